The molecule has 4 rings (SSSR count). The molecular formula is C33H41F2N3O5S2. The van der Waals surface area contributed by atoms with Gasteiger partial charge in [-0.1, -0.05) is 38.1 Å². The van der Waals surface area contributed by atoms with Gasteiger partial charge in [-0.2, -0.15) is 28.5 Å². The maximum absolute atomic E-state index is 13.4. The first-order valence-corrected chi connectivity index (χ1v) is 17.2. The van der Waals surface area contributed by atoms with Crippen LogP contribution in [0.2, 0.25) is 0 Å². The first-order valence-electron chi connectivity index (χ1n) is 15.0. The van der Waals surface area contributed by atoms with Gasteiger partial charge in [0.15, 0.2) is 0 Å². The molecule has 1 aliphatic heterocycles. The second kappa shape index (κ2) is 16.7. The molecule has 1 fully saturated rings. The molecule has 2 aromatic carbocycles. The molecule has 1 unspecified atom stereocenters. The molecule has 0 aliphatic carbocycles. The number of aromatic nitrogens is 2. The second-order valence-electron chi connectivity index (χ2n) is 12.1. The molecule has 2 heterocycles. The predicted molar refractivity (Wildman–Crippen MR) is 175 cm³/mol. The summed E-state index contributed by atoms with van der Waals surface area (Å²) in [5.41, 5.74) is 1.20. The first-order chi connectivity index (χ1) is 21.5. The van der Waals surface area contributed by atoms with E-state index in [9.17, 15) is 28.6 Å². The number of amides is 1. The Hall–Kier alpha value is -2.77. The number of ether oxygens (including phenoxy) is 1. The highest BCUT2D eigenvalue weighted by molar-refractivity contribution is 7.99. The van der Waals surface area contributed by atoms with Crippen LogP contribution >= 0.6 is 23.5 Å². The van der Waals surface area contributed by atoms with E-state index >= 15 is 0 Å². The van der Waals surface area contributed by atoms with E-state index in [-0.39, 0.29) is 48.2 Å². The van der Waals surface area contributed by atoms with Gasteiger partial charge in [0.05, 0.1) is 12.7 Å². The number of carbonyl (C=O) groups excluding carboxylic acids is 1. The summed E-state index contributed by atoms with van der Waals surface area (Å²) >= 11 is 3.64. The lowest BCUT2D eigenvalue weighted by Gasteiger charge is -2.27. The summed E-state index contributed by atoms with van der Waals surface area (Å²) in [5.74, 6) is 1.89. The summed E-state index contributed by atoms with van der Waals surface area (Å²) in [6.07, 6.45) is 2.12. The lowest BCUT2D eigenvalue weighted by molar-refractivity contribution is -0.118. The molecule has 0 bridgehead atoms. The van der Waals surface area contributed by atoms with Gasteiger partial charge in [0.2, 0.25) is 5.91 Å². The lowest BCUT2D eigenvalue weighted by atomic mass is 9.83. The average molecular weight is 662 g/mol. The largest absolute Gasteiger partial charge is 0.394 e. The molecular weight excluding hydrogens is 621 g/mol. The van der Waals surface area contributed by atoms with Crippen LogP contribution in [0.5, 0.6) is 0 Å². The molecule has 8 nitrogen and oxygen atoms in total. The molecule has 1 amide bonds. The molecule has 12 heteroatoms. The van der Waals surface area contributed by atoms with Gasteiger partial charge in [-0.3, -0.25) is 9.36 Å². The van der Waals surface area contributed by atoms with Gasteiger partial charge >= 0.3 is 5.69 Å². The quantitative estimate of drug-likeness (QED) is 0.162. The molecule has 1 aliphatic rings. The highest BCUT2D eigenvalue weighted by atomic mass is 32.2. The minimum Gasteiger partial charge on any atom is -0.394 e. The molecule has 1 saturated heterocycles. The molecule has 0 radical (unpaired) electrons. The topological polar surface area (TPSA) is 114 Å². The third-order valence-electron chi connectivity index (χ3n) is 7.74. The van der Waals surface area contributed by atoms with Crippen LogP contribution in [-0.2, 0) is 21.0 Å². The summed E-state index contributed by atoms with van der Waals surface area (Å²) in [6.45, 7) is 3.74. The Balaban J connectivity index is 1.28. The summed E-state index contributed by atoms with van der Waals surface area (Å²) in [5, 5.41) is 22.3. The Morgan fingerprint density at radius 1 is 1.07 bits per heavy atom. The van der Waals surface area contributed by atoms with Crippen LogP contribution in [0.3, 0.4) is 0 Å². The van der Waals surface area contributed by atoms with E-state index in [0.717, 1.165) is 47.6 Å². The Morgan fingerprint density at radius 3 is 2.31 bits per heavy atom. The predicted octanol–water partition coefficient (Wildman–Crippen LogP) is 5.92. The van der Waals surface area contributed by atoms with Crippen molar-refractivity contribution < 1.29 is 28.5 Å². The molecule has 3 N–H and O–H groups in total. The zero-order chi connectivity index (χ0) is 32.4. The van der Waals surface area contributed by atoms with E-state index in [1.54, 1.807) is 36.0 Å². The van der Waals surface area contributed by atoms with Gasteiger partial charge in [0, 0.05) is 35.8 Å². The van der Waals surface area contributed by atoms with Crippen LogP contribution in [-0.4, -0.2) is 55.5 Å². The van der Waals surface area contributed by atoms with Gasteiger partial charge in [0.25, 0.3) is 0 Å². The van der Waals surface area contributed by atoms with Crippen LogP contribution in [0, 0.1) is 17.0 Å². The molecule has 0 spiro atoms. The van der Waals surface area contributed by atoms with Crippen molar-refractivity contribution in [2.75, 3.05) is 17.7 Å². The van der Waals surface area contributed by atoms with Gasteiger partial charge in [-0.25, -0.2) is 13.6 Å². The van der Waals surface area contributed by atoms with E-state index < -0.39 is 24.1 Å². The van der Waals surface area contributed by atoms with E-state index in [2.05, 4.69) is 10.3 Å². The van der Waals surface area contributed by atoms with Crippen molar-refractivity contribution in [1.82, 2.24) is 9.55 Å². The Morgan fingerprint density at radius 2 is 1.71 bits per heavy atom. The van der Waals surface area contributed by atoms with Gasteiger partial charge in [-0.15, -0.1) is 0 Å². The van der Waals surface area contributed by atoms with Gasteiger partial charge in [-0.05, 0) is 71.9 Å². The minimum absolute atomic E-state index is 0.139. The normalized spacial score (nSPS) is 19.0. The third kappa shape index (κ3) is 11.2. The number of benzene rings is 2. The highest BCUT2D eigenvalue weighted by Crippen LogP contribution is 2.34. The summed E-state index contributed by atoms with van der Waals surface area (Å²) in [7, 11) is 0. The van der Waals surface area contributed by atoms with Gasteiger partial charge in [0.1, 0.15) is 29.8 Å². The maximum atomic E-state index is 13.4. The Bertz CT molecular complexity index is 1440. The number of rotatable bonds is 16. The number of aliphatic hydroxyl groups is 2. The van der Waals surface area contributed by atoms with Crippen molar-refractivity contribution in [2.24, 2.45) is 5.41 Å². The van der Waals surface area contributed by atoms with Gasteiger partial charge < -0.3 is 20.3 Å². The van der Waals surface area contributed by atoms with Crippen LogP contribution < -0.4 is 11.0 Å². The molecule has 45 heavy (non-hydrogen) atoms. The number of aliphatic hydroxyl groups excluding tert-OH is 2. The first kappa shape index (κ1) is 35.1. The fourth-order valence-corrected chi connectivity index (χ4v) is 7.47. The van der Waals surface area contributed by atoms with Crippen molar-refractivity contribution in [3.8, 4) is 0 Å². The smallest absolute Gasteiger partial charge is 0.351 e. The average Bonchev–Trinajstić information content (AvgIpc) is 3.37. The summed E-state index contributed by atoms with van der Waals surface area (Å²) < 4.78 is 33.4. The zero-order valence-electron chi connectivity index (χ0n) is 25.5. The van der Waals surface area contributed by atoms with E-state index in [4.69, 9.17) is 4.74 Å². The number of nitrogens with one attached hydrogen (secondary N) is 1. The number of hydrogen-bond acceptors (Lipinski definition) is 8. The van der Waals surface area contributed by atoms with E-state index in [0.29, 0.717) is 5.25 Å². The van der Waals surface area contributed by atoms with Crippen molar-refractivity contribution >= 4 is 35.2 Å². The number of thioether (sulfide) groups is 2. The van der Waals surface area contributed by atoms with Crippen molar-refractivity contribution in [3.05, 3.63) is 94.0 Å². The Labute approximate surface area is 271 Å². The van der Waals surface area contributed by atoms with E-state index in [1.165, 1.54) is 41.1 Å². The van der Waals surface area contributed by atoms with Crippen molar-refractivity contribution in [1.29, 1.82) is 0 Å². The molecule has 3 aromatic rings. The summed E-state index contributed by atoms with van der Waals surface area (Å²) in [6, 6.07) is 14.6. The number of nitrogens with zero attached hydrogens (tertiary/aromatic N) is 2. The van der Waals surface area contributed by atoms with Crippen molar-refractivity contribution in [3.63, 3.8) is 0 Å². The summed E-state index contributed by atoms with van der Waals surface area (Å²) in [4.78, 5) is 29.5. The molecule has 244 valence electrons. The fraction of sp³-hybridized carbons (Fsp3) is 0.485. The number of anilines is 1. The Kier molecular flexibility index (Phi) is 13.0. The molecule has 0 saturated carbocycles. The van der Waals surface area contributed by atoms with Crippen LogP contribution in [0.15, 0.2) is 65.6 Å². The lowest BCUT2D eigenvalue weighted by Crippen LogP contribution is -2.29. The van der Waals surface area contributed by atoms with Crippen LogP contribution in [0.25, 0.3) is 0 Å². The van der Waals surface area contributed by atoms with Crippen molar-refractivity contribution in [2.45, 2.75) is 81.1 Å². The zero-order valence-corrected chi connectivity index (χ0v) is 27.2. The fourth-order valence-electron chi connectivity index (χ4n) is 5.10. The standard InChI is InChI=1S/C33H41F2N3O5S2/c1-33(2,18-30(41)36-29-12-15-38(32(42)37-29)31-17-27(40)28(19-39)43-31)14-11-26(45-21-23-5-9-25(35)10-6-23)13-16-44-20-22-3-7-24(34)8-4-22/h3-10,12,15,26-28,31,39-40H,11,13-14,16-21H2,1-2H3,(H,36,37,41,42)/t26?,27-,28+,31+/m0/s1. The minimum atomic E-state index is -0.880. The number of carbonyl (C=O) groups is 1. The van der Waals surface area contributed by atoms with Crippen LogP contribution in [0.4, 0.5) is 14.6 Å². The third-order valence-corrected chi connectivity index (χ3v) is 10.2. The second-order valence-corrected chi connectivity index (χ2v) is 14.5. The SMILES string of the molecule is CC(C)(CCC(CCSCc1ccc(F)cc1)SCc1ccc(F)cc1)CC(=O)Nc1ccn([C@H]2C[C@H](O)[C@@H](CO)O2)c(=O)n1. The van der Waals surface area contributed by atoms with Crippen LogP contribution in [0.1, 0.15) is 63.3 Å². The number of halogens is 2. The van der Waals surface area contributed by atoms with E-state index in [1.807, 2.05) is 25.6 Å². The molecule has 1 aromatic heterocycles. The monoisotopic (exact) mass is 661 g/mol. The highest BCUT2D eigenvalue weighted by Gasteiger charge is 2.35. The maximum Gasteiger partial charge on any atom is 0.351 e. The molecule has 4 atom stereocenters. The number of hydrogen-bond donors (Lipinski definition) is 3.